The SMILES string of the molecule is COc1cccc2c(C)cc(N3CCN(S(C)(=O)=O)CC3)nc12. The number of benzene rings is 1. The van der Waals surface area contributed by atoms with E-state index in [9.17, 15) is 8.42 Å². The summed E-state index contributed by atoms with van der Waals surface area (Å²) in [5.74, 6) is 1.62. The van der Waals surface area contributed by atoms with Crippen LogP contribution in [0.2, 0.25) is 0 Å². The summed E-state index contributed by atoms with van der Waals surface area (Å²) in [5.41, 5.74) is 1.98. The van der Waals surface area contributed by atoms with Crippen molar-refractivity contribution in [2.45, 2.75) is 6.92 Å². The van der Waals surface area contributed by atoms with Gasteiger partial charge in [0.2, 0.25) is 10.0 Å². The smallest absolute Gasteiger partial charge is 0.211 e. The second-order valence-corrected chi connectivity index (χ2v) is 7.79. The molecule has 7 heteroatoms. The molecule has 1 aliphatic rings. The second kappa shape index (κ2) is 5.98. The van der Waals surface area contributed by atoms with Crippen molar-refractivity contribution < 1.29 is 13.2 Å². The highest BCUT2D eigenvalue weighted by Gasteiger charge is 2.24. The normalized spacial score (nSPS) is 16.7. The highest BCUT2D eigenvalue weighted by Crippen LogP contribution is 2.29. The van der Waals surface area contributed by atoms with E-state index in [0.29, 0.717) is 26.2 Å². The van der Waals surface area contributed by atoms with Crippen LogP contribution in [-0.2, 0) is 10.0 Å². The molecule has 3 rings (SSSR count). The van der Waals surface area contributed by atoms with Crippen LogP contribution in [0.15, 0.2) is 24.3 Å². The van der Waals surface area contributed by atoms with Crippen LogP contribution in [0.3, 0.4) is 0 Å². The summed E-state index contributed by atoms with van der Waals surface area (Å²) in [4.78, 5) is 6.88. The summed E-state index contributed by atoms with van der Waals surface area (Å²) in [5, 5.41) is 1.07. The highest BCUT2D eigenvalue weighted by atomic mass is 32.2. The first-order valence-corrected chi connectivity index (χ1v) is 9.39. The van der Waals surface area contributed by atoms with E-state index in [1.165, 1.54) is 10.6 Å². The molecule has 1 aromatic heterocycles. The Labute approximate surface area is 136 Å². The Bertz CT molecular complexity index is 828. The lowest BCUT2D eigenvalue weighted by Gasteiger charge is -2.34. The van der Waals surface area contributed by atoms with Crippen LogP contribution in [0.5, 0.6) is 5.75 Å². The van der Waals surface area contributed by atoms with Crippen LogP contribution in [0.25, 0.3) is 10.9 Å². The minimum absolute atomic E-state index is 0.490. The van der Waals surface area contributed by atoms with Gasteiger partial charge in [-0.25, -0.2) is 13.4 Å². The van der Waals surface area contributed by atoms with Crippen LogP contribution in [-0.4, -0.2) is 57.3 Å². The number of piperazine rings is 1. The van der Waals surface area contributed by atoms with Crippen molar-refractivity contribution in [3.8, 4) is 5.75 Å². The fourth-order valence-corrected chi connectivity index (χ4v) is 3.78. The number of anilines is 1. The maximum absolute atomic E-state index is 11.6. The molecule has 124 valence electrons. The molecule has 23 heavy (non-hydrogen) atoms. The predicted octanol–water partition coefficient (Wildman–Crippen LogP) is 1.63. The van der Waals surface area contributed by atoms with E-state index >= 15 is 0 Å². The monoisotopic (exact) mass is 335 g/mol. The van der Waals surface area contributed by atoms with Gasteiger partial charge in [0.15, 0.2) is 0 Å². The standard InChI is InChI=1S/C16H21N3O3S/c1-12-11-15(17-16-13(12)5-4-6-14(16)22-2)18-7-9-19(10-8-18)23(3,20)21/h4-6,11H,7-10H2,1-3H3. The number of hydrogen-bond acceptors (Lipinski definition) is 5. The van der Waals surface area contributed by atoms with E-state index in [2.05, 4.69) is 17.9 Å². The van der Waals surface area contributed by atoms with Gasteiger partial charge in [-0.15, -0.1) is 0 Å². The van der Waals surface area contributed by atoms with E-state index in [1.54, 1.807) is 7.11 Å². The number of pyridine rings is 1. The summed E-state index contributed by atoms with van der Waals surface area (Å²) < 4.78 is 30.2. The fourth-order valence-electron chi connectivity index (χ4n) is 2.95. The Morgan fingerprint density at radius 1 is 1.17 bits per heavy atom. The second-order valence-electron chi connectivity index (χ2n) is 5.80. The molecule has 2 aromatic rings. The summed E-state index contributed by atoms with van der Waals surface area (Å²) in [6, 6.07) is 7.95. The van der Waals surface area contributed by atoms with E-state index in [-0.39, 0.29) is 0 Å². The Balaban J connectivity index is 1.92. The molecule has 1 fully saturated rings. The quantitative estimate of drug-likeness (QED) is 0.853. The molecule has 0 atom stereocenters. The first-order chi connectivity index (χ1) is 10.9. The van der Waals surface area contributed by atoms with Gasteiger partial charge in [0.25, 0.3) is 0 Å². The molecule has 0 bridgehead atoms. The number of methoxy groups -OCH3 is 1. The van der Waals surface area contributed by atoms with Gasteiger partial charge in [0, 0.05) is 31.6 Å². The topological polar surface area (TPSA) is 62.7 Å². The third-order valence-corrected chi connectivity index (χ3v) is 5.55. The van der Waals surface area contributed by atoms with Crippen molar-refractivity contribution in [1.29, 1.82) is 0 Å². The van der Waals surface area contributed by atoms with Crippen molar-refractivity contribution >= 4 is 26.7 Å². The molecule has 0 unspecified atom stereocenters. The van der Waals surface area contributed by atoms with Gasteiger partial charge >= 0.3 is 0 Å². The lowest BCUT2D eigenvalue weighted by atomic mass is 10.1. The van der Waals surface area contributed by atoms with Crippen LogP contribution >= 0.6 is 0 Å². The molecule has 0 spiro atoms. The molecule has 2 heterocycles. The molecule has 1 aliphatic heterocycles. The Kier molecular flexibility index (Phi) is 4.16. The predicted molar refractivity (Wildman–Crippen MR) is 91.7 cm³/mol. The van der Waals surface area contributed by atoms with Gasteiger partial charge in [-0.3, -0.25) is 0 Å². The number of aromatic nitrogens is 1. The van der Waals surface area contributed by atoms with Gasteiger partial charge in [-0.05, 0) is 24.6 Å². The van der Waals surface area contributed by atoms with Crippen molar-refractivity contribution in [3.63, 3.8) is 0 Å². The van der Waals surface area contributed by atoms with Gasteiger partial charge in [-0.1, -0.05) is 12.1 Å². The number of sulfonamides is 1. The van der Waals surface area contributed by atoms with Crippen LogP contribution in [0.1, 0.15) is 5.56 Å². The minimum atomic E-state index is -3.12. The van der Waals surface area contributed by atoms with Crippen molar-refractivity contribution in [3.05, 3.63) is 29.8 Å². The van der Waals surface area contributed by atoms with E-state index < -0.39 is 10.0 Å². The minimum Gasteiger partial charge on any atom is -0.494 e. The molecule has 0 saturated carbocycles. The number of rotatable bonds is 3. The first-order valence-electron chi connectivity index (χ1n) is 7.54. The van der Waals surface area contributed by atoms with Crippen LogP contribution in [0, 0.1) is 6.92 Å². The van der Waals surface area contributed by atoms with Gasteiger partial charge < -0.3 is 9.64 Å². The summed E-state index contributed by atoms with van der Waals surface area (Å²) in [6.07, 6.45) is 1.26. The number of nitrogens with zero attached hydrogens (tertiary/aromatic N) is 3. The largest absolute Gasteiger partial charge is 0.494 e. The molecule has 0 aliphatic carbocycles. The average molecular weight is 335 g/mol. The van der Waals surface area contributed by atoms with Crippen LogP contribution < -0.4 is 9.64 Å². The lowest BCUT2D eigenvalue weighted by Crippen LogP contribution is -2.48. The molecular formula is C16H21N3O3S. The molecule has 0 amide bonds. The Hall–Kier alpha value is -1.86. The lowest BCUT2D eigenvalue weighted by molar-refractivity contribution is 0.387. The van der Waals surface area contributed by atoms with Crippen molar-refractivity contribution in [2.75, 3.05) is 44.4 Å². The molecule has 6 nitrogen and oxygen atoms in total. The fraction of sp³-hybridized carbons (Fsp3) is 0.438. The molecule has 0 radical (unpaired) electrons. The van der Waals surface area contributed by atoms with Crippen molar-refractivity contribution in [1.82, 2.24) is 9.29 Å². The maximum Gasteiger partial charge on any atom is 0.211 e. The molecule has 0 N–H and O–H groups in total. The molecular weight excluding hydrogens is 314 g/mol. The van der Waals surface area contributed by atoms with Gasteiger partial charge in [-0.2, -0.15) is 4.31 Å². The third kappa shape index (κ3) is 3.11. The van der Waals surface area contributed by atoms with E-state index in [0.717, 1.165) is 28.0 Å². The Morgan fingerprint density at radius 3 is 2.48 bits per heavy atom. The zero-order valence-electron chi connectivity index (χ0n) is 13.6. The number of aryl methyl sites for hydroxylation is 1. The maximum atomic E-state index is 11.6. The van der Waals surface area contributed by atoms with E-state index in [1.807, 2.05) is 18.2 Å². The molecule has 1 saturated heterocycles. The average Bonchev–Trinajstić information content (AvgIpc) is 2.53. The van der Waals surface area contributed by atoms with Crippen molar-refractivity contribution in [2.24, 2.45) is 0 Å². The highest BCUT2D eigenvalue weighted by molar-refractivity contribution is 7.88. The number of fused-ring (bicyclic) bond motifs is 1. The van der Waals surface area contributed by atoms with Crippen LogP contribution in [0.4, 0.5) is 5.82 Å². The summed E-state index contributed by atoms with van der Waals surface area (Å²) in [6.45, 7) is 4.31. The van der Waals surface area contributed by atoms with Gasteiger partial charge in [0.05, 0.1) is 13.4 Å². The Morgan fingerprint density at radius 2 is 1.87 bits per heavy atom. The number of hydrogen-bond donors (Lipinski definition) is 0. The third-order valence-electron chi connectivity index (χ3n) is 4.25. The zero-order chi connectivity index (χ0) is 16.6. The van der Waals surface area contributed by atoms with E-state index in [4.69, 9.17) is 9.72 Å². The summed E-state index contributed by atoms with van der Waals surface area (Å²) >= 11 is 0. The van der Waals surface area contributed by atoms with Gasteiger partial charge in [0.1, 0.15) is 17.1 Å². The summed E-state index contributed by atoms with van der Waals surface area (Å²) in [7, 11) is -1.48. The number of para-hydroxylation sites is 1. The zero-order valence-corrected chi connectivity index (χ0v) is 14.4. The number of ether oxygens (including phenoxy) is 1. The molecule has 1 aromatic carbocycles. The first kappa shape index (κ1) is 16.0.